The highest BCUT2D eigenvalue weighted by Gasteiger charge is 2.05. The summed E-state index contributed by atoms with van der Waals surface area (Å²) in [5, 5.41) is 10.7. The van der Waals surface area contributed by atoms with Gasteiger partial charge in [-0.2, -0.15) is 0 Å². The first-order valence-electron chi connectivity index (χ1n) is 4.18. The van der Waals surface area contributed by atoms with E-state index in [9.17, 15) is 9.90 Å². The lowest BCUT2D eigenvalue weighted by Gasteiger charge is -2.01. The van der Waals surface area contributed by atoms with Crippen molar-refractivity contribution in [2.45, 2.75) is 13.3 Å². The molecule has 0 saturated carbocycles. The van der Waals surface area contributed by atoms with Crippen molar-refractivity contribution >= 4 is 5.97 Å². The second-order valence-electron chi connectivity index (χ2n) is 2.66. The summed E-state index contributed by atoms with van der Waals surface area (Å²) in [6, 6.07) is 5.64. The number of carbonyl (C=O) groups excluding carboxylic acids is 1. The SMILES string of the molecule is CCCOC(=O)c1ccc([O])cc1. The van der Waals surface area contributed by atoms with Gasteiger partial charge in [-0.05, 0) is 30.7 Å². The molecular weight excluding hydrogens is 168 g/mol. The molecule has 0 heterocycles. The second kappa shape index (κ2) is 4.50. The van der Waals surface area contributed by atoms with Gasteiger partial charge in [-0.15, -0.1) is 0 Å². The minimum Gasteiger partial charge on any atom is -0.462 e. The highest BCUT2D eigenvalue weighted by atomic mass is 16.5. The summed E-state index contributed by atoms with van der Waals surface area (Å²) >= 11 is 0. The fraction of sp³-hybridized carbons (Fsp3) is 0.300. The van der Waals surface area contributed by atoms with Crippen molar-refractivity contribution in [2.24, 2.45) is 0 Å². The first-order chi connectivity index (χ1) is 6.24. The molecule has 0 bridgehead atoms. The van der Waals surface area contributed by atoms with Crippen molar-refractivity contribution in [2.75, 3.05) is 6.61 Å². The molecule has 3 nitrogen and oxygen atoms in total. The fourth-order valence-electron chi connectivity index (χ4n) is 0.869. The maximum absolute atomic E-state index is 11.2. The van der Waals surface area contributed by atoms with Crippen molar-refractivity contribution < 1.29 is 14.6 Å². The second-order valence-corrected chi connectivity index (χ2v) is 2.66. The normalized spacial score (nSPS) is 9.62. The predicted molar refractivity (Wildman–Crippen MR) is 47.1 cm³/mol. The van der Waals surface area contributed by atoms with Gasteiger partial charge in [0.25, 0.3) is 0 Å². The Morgan fingerprint density at radius 2 is 1.92 bits per heavy atom. The van der Waals surface area contributed by atoms with Crippen LogP contribution in [0.25, 0.3) is 0 Å². The quantitative estimate of drug-likeness (QED) is 0.669. The average Bonchev–Trinajstić information content (AvgIpc) is 2.15. The molecule has 1 aromatic carbocycles. The third-order valence-corrected chi connectivity index (χ3v) is 1.53. The van der Waals surface area contributed by atoms with Gasteiger partial charge < -0.3 is 4.74 Å². The number of esters is 1. The lowest BCUT2D eigenvalue weighted by atomic mass is 10.2. The van der Waals surface area contributed by atoms with E-state index in [1.165, 1.54) is 24.3 Å². The van der Waals surface area contributed by atoms with Crippen LogP contribution in [0, 0.1) is 0 Å². The lowest BCUT2D eigenvalue weighted by Crippen LogP contribution is -2.05. The zero-order chi connectivity index (χ0) is 9.68. The van der Waals surface area contributed by atoms with Crippen LogP contribution in [0.15, 0.2) is 24.3 Å². The summed E-state index contributed by atoms with van der Waals surface area (Å²) in [7, 11) is 0. The number of carbonyl (C=O) groups is 1. The molecule has 0 aromatic heterocycles. The Bertz CT molecular complexity index is 277. The Balaban J connectivity index is 2.61. The van der Waals surface area contributed by atoms with Gasteiger partial charge in [0.1, 0.15) is 0 Å². The zero-order valence-corrected chi connectivity index (χ0v) is 7.45. The Morgan fingerprint density at radius 3 is 2.46 bits per heavy atom. The largest absolute Gasteiger partial charge is 0.462 e. The van der Waals surface area contributed by atoms with Crippen LogP contribution in [-0.2, 0) is 9.84 Å². The van der Waals surface area contributed by atoms with Gasteiger partial charge in [0.15, 0.2) is 5.75 Å². The number of ether oxygens (including phenoxy) is 1. The molecule has 0 unspecified atom stereocenters. The van der Waals surface area contributed by atoms with E-state index in [1.807, 2.05) is 6.92 Å². The van der Waals surface area contributed by atoms with Gasteiger partial charge in [-0.1, -0.05) is 6.92 Å². The van der Waals surface area contributed by atoms with E-state index in [0.717, 1.165) is 6.42 Å². The smallest absolute Gasteiger partial charge is 0.338 e. The van der Waals surface area contributed by atoms with Crippen LogP contribution < -0.4 is 0 Å². The van der Waals surface area contributed by atoms with E-state index in [4.69, 9.17) is 4.74 Å². The maximum atomic E-state index is 11.2. The van der Waals surface area contributed by atoms with Crippen molar-refractivity contribution in [1.29, 1.82) is 0 Å². The van der Waals surface area contributed by atoms with E-state index in [1.54, 1.807) is 0 Å². The van der Waals surface area contributed by atoms with Crippen LogP contribution in [-0.4, -0.2) is 12.6 Å². The monoisotopic (exact) mass is 179 g/mol. The Hall–Kier alpha value is -1.51. The Kier molecular flexibility index (Phi) is 3.31. The molecule has 0 atom stereocenters. The summed E-state index contributed by atoms with van der Waals surface area (Å²) in [6.45, 7) is 2.34. The summed E-state index contributed by atoms with van der Waals surface area (Å²) in [4.78, 5) is 11.2. The molecule has 0 aliphatic rings. The molecule has 0 aliphatic heterocycles. The zero-order valence-electron chi connectivity index (χ0n) is 7.45. The first-order valence-corrected chi connectivity index (χ1v) is 4.18. The number of rotatable bonds is 3. The van der Waals surface area contributed by atoms with Crippen LogP contribution in [0.4, 0.5) is 0 Å². The van der Waals surface area contributed by atoms with Gasteiger partial charge in [0, 0.05) is 0 Å². The number of hydrogen-bond acceptors (Lipinski definition) is 2. The molecule has 0 amide bonds. The van der Waals surface area contributed by atoms with E-state index < -0.39 is 0 Å². The van der Waals surface area contributed by atoms with E-state index in [0.29, 0.717) is 12.2 Å². The number of benzene rings is 1. The minimum absolute atomic E-state index is 0.105. The van der Waals surface area contributed by atoms with Crippen LogP contribution in [0.5, 0.6) is 5.75 Å². The highest BCUT2D eigenvalue weighted by molar-refractivity contribution is 5.89. The van der Waals surface area contributed by atoms with Crippen molar-refractivity contribution in [3.8, 4) is 5.75 Å². The average molecular weight is 179 g/mol. The molecule has 0 aliphatic carbocycles. The first kappa shape index (κ1) is 9.58. The summed E-state index contributed by atoms with van der Waals surface area (Å²) in [5.74, 6) is -0.478. The third-order valence-electron chi connectivity index (χ3n) is 1.53. The summed E-state index contributed by atoms with van der Waals surface area (Å²) in [5.41, 5.74) is 0.424. The van der Waals surface area contributed by atoms with Crippen LogP contribution in [0.2, 0.25) is 0 Å². The molecule has 3 heteroatoms. The summed E-state index contributed by atoms with van der Waals surface area (Å²) < 4.78 is 4.88. The highest BCUT2D eigenvalue weighted by Crippen LogP contribution is 2.11. The molecule has 1 aromatic rings. The van der Waals surface area contributed by atoms with Crippen molar-refractivity contribution in [3.05, 3.63) is 29.8 Å². The van der Waals surface area contributed by atoms with E-state index >= 15 is 0 Å². The standard InChI is InChI=1S/C10H11O3/c1-2-7-13-10(12)8-3-5-9(11)6-4-8/h3-6H,2,7H2,1H3. The fourth-order valence-corrected chi connectivity index (χ4v) is 0.869. The van der Waals surface area contributed by atoms with Crippen LogP contribution in [0.1, 0.15) is 23.7 Å². The molecule has 0 N–H and O–H groups in total. The Labute approximate surface area is 77.0 Å². The van der Waals surface area contributed by atoms with Crippen molar-refractivity contribution in [1.82, 2.24) is 0 Å². The molecule has 1 rings (SSSR count). The van der Waals surface area contributed by atoms with Gasteiger partial charge in [-0.25, -0.2) is 4.79 Å². The van der Waals surface area contributed by atoms with Crippen LogP contribution >= 0.6 is 0 Å². The summed E-state index contributed by atoms with van der Waals surface area (Å²) in [6.07, 6.45) is 0.797. The molecule has 13 heavy (non-hydrogen) atoms. The van der Waals surface area contributed by atoms with Crippen LogP contribution in [0.3, 0.4) is 0 Å². The van der Waals surface area contributed by atoms with Gasteiger partial charge in [0.05, 0.1) is 12.2 Å². The third kappa shape index (κ3) is 2.78. The van der Waals surface area contributed by atoms with Crippen molar-refractivity contribution in [3.63, 3.8) is 0 Å². The van der Waals surface area contributed by atoms with Gasteiger partial charge in [-0.3, -0.25) is 5.11 Å². The molecule has 0 saturated heterocycles. The van der Waals surface area contributed by atoms with E-state index in [-0.39, 0.29) is 11.7 Å². The number of hydrogen-bond donors (Lipinski definition) is 0. The molecule has 0 fully saturated rings. The predicted octanol–water partition coefficient (Wildman–Crippen LogP) is 2.40. The molecular formula is C10H11O3. The molecule has 69 valence electrons. The van der Waals surface area contributed by atoms with E-state index in [2.05, 4.69) is 0 Å². The minimum atomic E-state index is -0.373. The Morgan fingerprint density at radius 1 is 1.31 bits per heavy atom. The van der Waals surface area contributed by atoms with Gasteiger partial charge in [0.2, 0.25) is 0 Å². The topological polar surface area (TPSA) is 46.2 Å². The van der Waals surface area contributed by atoms with Gasteiger partial charge >= 0.3 is 5.97 Å². The maximum Gasteiger partial charge on any atom is 0.338 e. The lowest BCUT2D eigenvalue weighted by molar-refractivity contribution is 0.0505. The molecule has 1 radical (unpaired) electrons. The molecule has 0 spiro atoms.